The fourth-order valence-electron chi connectivity index (χ4n) is 1.34. The molecular formula is C11H13F2NO3. The average Bonchev–Trinajstić information content (AvgIpc) is 2.27. The molecule has 1 rings (SSSR count). The highest BCUT2D eigenvalue weighted by atomic mass is 19.3. The summed E-state index contributed by atoms with van der Waals surface area (Å²) >= 11 is 0. The fraction of sp³-hybridized carbons (Fsp3) is 0.364. The predicted molar refractivity (Wildman–Crippen MR) is 56.8 cm³/mol. The van der Waals surface area contributed by atoms with Gasteiger partial charge >= 0.3 is 12.6 Å². The molecule has 0 saturated carbocycles. The molecule has 0 aromatic heterocycles. The summed E-state index contributed by atoms with van der Waals surface area (Å²) in [5.41, 5.74) is 6.17. The lowest BCUT2D eigenvalue weighted by Gasteiger charge is -2.10. The molecular weight excluding hydrogens is 232 g/mol. The van der Waals surface area contributed by atoms with Gasteiger partial charge in [0.05, 0.1) is 7.11 Å². The van der Waals surface area contributed by atoms with Crippen molar-refractivity contribution in [3.8, 4) is 5.75 Å². The first-order valence-electron chi connectivity index (χ1n) is 4.90. The number of esters is 1. The van der Waals surface area contributed by atoms with E-state index in [9.17, 15) is 13.6 Å². The molecule has 0 radical (unpaired) electrons. The van der Waals surface area contributed by atoms with Gasteiger partial charge in [-0.05, 0) is 24.1 Å². The summed E-state index contributed by atoms with van der Waals surface area (Å²) in [5.74, 6) is -0.514. The van der Waals surface area contributed by atoms with Crippen molar-refractivity contribution < 1.29 is 23.0 Å². The quantitative estimate of drug-likeness (QED) is 0.795. The predicted octanol–water partition coefficient (Wildman–Crippen LogP) is 1.33. The number of rotatable bonds is 5. The highest BCUT2D eigenvalue weighted by molar-refractivity contribution is 5.75. The summed E-state index contributed by atoms with van der Waals surface area (Å²) in [6, 6.07) is 5.22. The van der Waals surface area contributed by atoms with E-state index >= 15 is 0 Å². The summed E-state index contributed by atoms with van der Waals surface area (Å²) in [7, 11) is 1.23. The smallest absolute Gasteiger partial charge is 0.387 e. The van der Waals surface area contributed by atoms with E-state index in [0.29, 0.717) is 5.56 Å². The Morgan fingerprint density at radius 1 is 1.47 bits per heavy atom. The lowest BCUT2D eigenvalue weighted by atomic mass is 10.1. The third kappa shape index (κ3) is 4.36. The van der Waals surface area contributed by atoms with E-state index in [1.54, 1.807) is 12.1 Å². The number of hydrogen-bond donors (Lipinski definition) is 1. The first-order valence-corrected chi connectivity index (χ1v) is 4.90. The number of benzene rings is 1. The first-order chi connectivity index (χ1) is 8.02. The molecule has 6 heteroatoms. The Kier molecular flexibility index (Phi) is 4.84. The maximum absolute atomic E-state index is 12.0. The summed E-state index contributed by atoms with van der Waals surface area (Å²) in [6.45, 7) is -2.88. The van der Waals surface area contributed by atoms with E-state index in [-0.39, 0.29) is 12.2 Å². The lowest BCUT2D eigenvalue weighted by molar-refractivity contribution is -0.142. The van der Waals surface area contributed by atoms with Gasteiger partial charge in [-0.1, -0.05) is 12.1 Å². The van der Waals surface area contributed by atoms with Gasteiger partial charge in [-0.15, -0.1) is 0 Å². The third-order valence-electron chi connectivity index (χ3n) is 2.08. The molecule has 0 aliphatic carbocycles. The molecule has 0 saturated heterocycles. The maximum atomic E-state index is 12.0. The molecule has 0 amide bonds. The van der Waals surface area contributed by atoms with Gasteiger partial charge in [0, 0.05) is 0 Å². The normalized spacial score (nSPS) is 12.3. The molecule has 1 unspecified atom stereocenters. The number of hydrogen-bond acceptors (Lipinski definition) is 4. The Balaban J connectivity index is 2.68. The van der Waals surface area contributed by atoms with Crippen molar-refractivity contribution in [3.63, 3.8) is 0 Å². The van der Waals surface area contributed by atoms with Gasteiger partial charge < -0.3 is 15.2 Å². The molecule has 1 aromatic carbocycles. The Hall–Kier alpha value is -1.69. The zero-order chi connectivity index (χ0) is 12.8. The molecule has 17 heavy (non-hydrogen) atoms. The van der Waals surface area contributed by atoms with Gasteiger partial charge in [0.1, 0.15) is 11.8 Å². The zero-order valence-corrected chi connectivity index (χ0v) is 9.23. The number of nitrogens with two attached hydrogens (primary N) is 1. The number of halogens is 2. The Bertz CT molecular complexity index is 385. The topological polar surface area (TPSA) is 61.5 Å². The summed E-state index contributed by atoms with van der Waals surface area (Å²) in [6.07, 6.45) is 0.201. The van der Waals surface area contributed by atoms with Crippen LogP contribution in [0.1, 0.15) is 5.56 Å². The molecule has 0 aliphatic rings. The molecule has 2 N–H and O–H groups in total. The van der Waals surface area contributed by atoms with Crippen molar-refractivity contribution in [2.45, 2.75) is 19.1 Å². The zero-order valence-electron chi connectivity index (χ0n) is 9.23. The van der Waals surface area contributed by atoms with Gasteiger partial charge in [-0.3, -0.25) is 4.79 Å². The van der Waals surface area contributed by atoms with Crippen LogP contribution in [0.3, 0.4) is 0 Å². The van der Waals surface area contributed by atoms with Crippen molar-refractivity contribution in [1.29, 1.82) is 0 Å². The second-order valence-electron chi connectivity index (χ2n) is 3.36. The van der Waals surface area contributed by atoms with Gasteiger partial charge in [0.25, 0.3) is 0 Å². The number of alkyl halides is 2. The molecule has 0 spiro atoms. The first kappa shape index (κ1) is 13.4. The van der Waals surface area contributed by atoms with E-state index in [1.807, 2.05) is 0 Å². The van der Waals surface area contributed by atoms with Gasteiger partial charge in [0.2, 0.25) is 0 Å². The molecule has 1 atom stereocenters. The van der Waals surface area contributed by atoms with E-state index in [0.717, 1.165) is 0 Å². The minimum absolute atomic E-state index is 0.0366. The van der Waals surface area contributed by atoms with Gasteiger partial charge in [-0.25, -0.2) is 0 Å². The molecule has 94 valence electrons. The Labute approximate surface area is 97.3 Å². The second kappa shape index (κ2) is 6.15. The van der Waals surface area contributed by atoms with E-state index < -0.39 is 18.6 Å². The Morgan fingerprint density at radius 3 is 2.76 bits per heavy atom. The lowest BCUT2D eigenvalue weighted by Crippen LogP contribution is -2.33. The van der Waals surface area contributed by atoms with Crippen LogP contribution in [0, 0.1) is 0 Å². The second-order valence-corrected chi connectivity index (χ2v) is 3.36. The van der Waals surface area contributed by atoms with Gasteiger partial charge in [-0.2, -0.15) is 8.78 Å². The molecule has 0 aliphatic heterocycles. The summed E-state index contributed by atoms with van der Waals surface area (Å²) in [5, 5.41) is 0. The minimum atomic E-state index is -2.88. The SMILES string of the molecule is COC(=O)C(N)Cc1cccc(OC(F)F)c1. The average molecular weight is 245 g/mol. The van der Waals surface area contributed by atoms with Crippen molar-refractivity contribution in [1.82, 2.24) is 0 Å². The summed E-state index contributed by atoms with van der Waals surface area (Å²) in [4.78, 5) is 11.1. The summed E-state index contributed by atoms with van der Waals surface area (Å²) < 4.78 is 32.6. The van der Waals surface area contributed by atoms with Crippen LogP contribution in [0.15, 0.2) is 24.3 Å². The van der Waals surface area contributed by atoms with Crippen molar-refractivity contribution >= 4 is 5.97 Å². The van der Waals surface area contributed by atoms with Crippen LogP contribution in [0.25, 0.3) is 0 Å². The van der Waals surface area contributed by atoms with E-state index in [4.69, 9.17) is 5.73 Å². The molecule has 1 aromatic rings. The number of ether oxygens (including phenoxy) is 2. The van der Waals surface area contributed by atoms with Crippen LogP contribution in [0.5, 0.6) is 5.75 Å². The molecule has 4 nitrogen and oxygen atoms in total. The standard InChI is InChI=1S/C11H13F2NO3/c1-16-10(15)9(14)6-7-3-2-4-8(5-7)17-11(12)13/h2-5,9,11H,6,14H2,1H3. The van der Waals surface area contributed by atoms with Crippen LogP contribution in [0.2, 0.25) is 0 Å². The van der Waals surface area contributed by atoms with E-state index in [1.165, 1.54) is 19.2 Å². The highest BCUT2D eigenvalue weighted by Crippen LogP contribution is 2.16. The van der Waals surface area contributed by atoms with Crippen LogP contribution in [0.4, 0.5) is 8.78 Å². The molecule has 0 heterocycles. The number of carbonyl (C=O) groups excluding carboxylic acids is 1. The van der Waals surface area contributed by atoms with Crippen LogP contribution >= 0.6 is 0 Å². The number of methoxy groups -OCH3 is 1. The Morgan fingerprint density at radius 2 is 2.18 bits per heavy atom. The van der Waals surface area contributed by atoms with Crippen LogP contribution < -0.4 is 10.5 Å². The minimum Gasteiger partial charge on any atom is -0.468 e. The maximum Gasteiger partial charge on any atom is 0.387 e. The fourth-order valence-corrected chi connectivity index (χ4v) is 1.34. The van der Waals surface area contributed by atoms with Gasteiger partial charge in [0.15, 0.2) is 0 Å². The van der Waals surface area contributed by atoms with Crippen molar-refractivity contribution in [2.75, 3.05) is 7.11 Å². The van der Waals surface area contributed by atoms with Crippen LogP contribution in [-0.4, -0.2) is 25.7 Å². The van der Waals surface area contributed by atoms with Crippen LogP contribution in [-0.2, 0) is 16.0 Å². The van der Waals surface area contributed by atoms with Crippen molar-refractivity contribution in [3.05, 3.63) is 29.8 Å². The molecule has 0 bridgehead atoms. The number of carbonyl (C=O) groups is 1. The third-order valence-corrected chi connectivity index (χ3v) is 2.08. The largest absolute Gasteiger partial charge is 0.468 e. The molecule has 0 fully saturated rings. The highest BCUT2D eigenvalue weighted by Gasteiger charge is 2.14. The monoisotopic (exact) mass is 245 g/mol. The van der Waals surface area contributed by atoms with E-state index in [2.05, 4.69) is 9.47 Å². The van der Waals surface area contributed by atoms with Crippen molar-refractivity contribution in [2.24, 2.45) is 5.73 Å².